The minimum Gasteiger partial charge on any atom is -0.469 e. The lowest BCUT2D eigenvalue weighted by Crippen LogP contribution is -2.28. The van der Waals surface area contributed by atoms with Crippen molar-refractivity contribution in [1.82, 2.24) is 4.72 Å². The number of ether oxygens (including phenoxy) is 1. The normalized spacial score (nSPS) is 12.5. The summed E-state index contributed by atoms with van der Waals surface area (Å²) in [6, 6.07) is 17.6. The van der Waals surface area contributed by atoms with Crippen molar-refractivity contribution < 1.29 is 17.9 Å². The van der Waals surface area contributed by atoms with E-state index >= 15 is 0 Å². The molecule has 1 unspecified atom stereocenters. The van der Waals surface area contributed by atoms with Crippen molar-refractivity contribution in [3.63, 3.8) is 0 Å². The number of rotatable bonds is 10. The molecule has 5 nitrogen and oxygen atoms in total. The van der Waals surface area contributed by atoms with Crippen molar-refractivity contribution in [3.05, 3.63) is 66.2 Å². The van der Waals surface area contributed by atoms with Crippen LogP contribution in [0, 0.1) is 0 Å². The van der Waals surface area contributed by atoms with Crippen LogP contribution < -0.4 is 4.72 Å². The first-order chi connectivity index (χ1) is 12.5. The highest BCUT2D eigenvalue weighted by atomic mass is 32.2. The summed E-state index contributed by atoms with van der Waals surface area (Å²) in [6.45, 7) is 0. The number of hydrogen-bond acceptors (Lipinski definition) is 4. The number of sulfonamides is 1. The maximum atomic E-state index is 12.7. The molecule has 2 rings (SSSR count). The van der Waals surface area contributed by atoms with Gasteiger partial charge in [0.05, 0.1) is 12.0 Å². The largest absolute Gasteiger partial charge is 0.469 e. The number of esters is 1. The fourth-order valence-electron chi connectivity index (χ4n) is 2.73. The Balaban J connectivity index is 2.02. The maximum absolute atomic E-state index is 12.7. The second-order valence-electron chi connectivity index (χ2n) is 6.07. The highest BCUT2D eigenvalue weighted by molar-refractivity contribution is 7.89. The molecule has 140 valence electrons. The van der Waals surface area contributed by atoms with Crippen molar-refractivity contribution in [2.24, 2.45) is 0 Å². The number of nitrogens with one attached hydrogen (secondary N) is 1. The van der Waals surface area contributed by atoms with E-state index < -0.39 is 10.0 Å². The average Bonchev–Trinajstić information content (AvgIpc) is 2.68. The number of unbranched alkanes of at least 4 members (excludes halogenated alkanes) is 2. The molecular weight excluding hydrogens is 350 g/mol. The van der Waals surface area contributed by atoms with Crippen molar-refractivity contribution in [1.29, 1.82) is 0 Å². The first kappa shape index (κ1) is 20.1. The highest BCUT2D eigenvalue weighted by Crippen LogP contribution is 2.23. The van der Waals surface area contributed by atoms with Gasteiger partial charge in [-0.25, -0.2) is 13.1 Å². The third-order valence-corrected chi connectivity index (χ3v) is 5.64. The number of carbonyl (C=O) groups excluding carboxylic acids is 1. The Kier molecular flexibility index (Phi) is 7.81. The van der Waals surface area contributed by atoms with E-state index in [1.165, 1.54) is 7.11 Å². The summed E-state index contributed by atoms with van der Waals surface area (Å²) in [7, 11) is -2.21. The van der Waals surface area contributed by atoms with Crippen molar-refractivity contribution in [3.8, 4) is 0 Å². The molecule has 0 heterocycles. The second kappa shape index (κ2) is 10.1. The fraction of sp³-hybridized carbons (Fsp3) is 0.350. The number of methoxy groups -OCH3 is 1. The smallest absolute Gasteiger partial charge is 0.305 e. The zero-order valence-corrected chi connectivity index (χ0v) is 15.7. The van der Waals surface area contributed by atoms with Gasteiger partial charge in [0, 0.05) is 12.5 Å². The van der Waals surface area contributed by atoms with Crippen LogP contribution in [-0.2, 0) is 19.6 Å². The number of carbonyl (C=O) groups is 1. The summed E-state index contributed by atoms with van der Waals surface area (Å²) in [6.07, 6.45) is 3.44. The Morgan fingerprint density at radius 1 is 0.962 bits per heavy atom. The van der Waals surface area contributed by atoms with Gasteiger partial charge in [-0.15, -0.1) is 0 Å². The summed E-state index contributed by atoms with van der Waals surface area (Å²) in [5.74, 6) is -0.214. The topological polar surface area (TPSA) is 72.5 Å². The van der Waals surface area contributed by atoms with Gasteiger partial charge < -0.3 is 4.74 Å². The maximum Gasteiger partial charge on any atom is 0.305 e. The molecule has 0 aliphatic heterocycles. The molecule has 1 atom stereocenters. The molecule has 0 spiro atoms. The Morgan fingerprint density at radius 3 is 2.19 bits per heavy atom. The summed E-state index contributed by atoms with van der Waals surface area (Å²) >= 11 is 0. The van der Waals surface area contributed by atoms with E-state index in [4.69, 9.17) is 0 Å². The van der Waals surface area contributed by atoms with E-state index in [1.807, 2.05) is 30.3 Å². The van der Waals surface area contributed by atoms with Gasteiger partial charge in [-0.1, -0.05) is 61.4 Å². The standard InChI is InChI=1S/C20H25NO4S/c1-25-20(22)16-10-4-9-15-19(17-11-5-2-6-12-17)21-26(23,24)18-13-7-3-8-14-18/h2-3,5-8,11-14,19,21H,4,9-10,15-16H2,1H3. The SMILES string of the molecule is COC(=O)CCCCCC(NS(=O)(=O)c1ccccc1)c1ccccc1. The fourth-order valence-corrected chi connectivity index (χ4v) is 4.01. The van der Waals surface area contributed by atoms with E-state index in [-0.39, 0.29) is 16.9 Å². The van der Waals surface area contributed by atoms with Gasteiger partial charge in [-0.2, -0.15) is 0 Å². The van der Waals surface area contributed by atoms with Gasteiger partial charge in [0.25, 0.3) is 0 Å². The van der Waals surface area contributed by atoms with Crippen LogP contribution >= 0.6 is 0 Å². The molecule has 26 heavy (non-hydrogen) atoms. The third-order valence-electron chi connectivity index (χ3n) is 4.15. The monoisotopic (exact) mass is 375 g/mol. The Hall–Kier alpha value is -2.18. The van der Waals surface area contributed by atoms with Crippen LogP contribution in [0.4, 0.5) is 0 Å². The lowest BCUT2D eigenvalue weighted by atomic mass is 10.0. The Labute approximate surface area is 155 Å². The molecule has 0 aliphatic rings. The third kappa shape index (κ3) is 6.28. The van der Waals surface area contributed by atoms with Crippen molar-refractivity contribution in [2.75, 3.05) is 7.11 Å². The van der Waals surface area contributed by atoms with Crippen LogP contribution in [0.2, 0.25) is 0 Å². The molecule has 0 fully saturated rings. The molecule has 0 aromatic heterocycles. The molecule has 1 N–H and O–H groups in total. The predicted octanol–water partition coefficient (Wildman–Crippen LogP) is 3.83. The van der Waals surface area contributed by atoms with E-state index in [0.29, 0.717) is 12.8 Å². The zero-order valence-electron chi connectivity index (χ0n) is 14.9. The summed E-state index contributed by atoms with van der Waals surface area (Å²) in [5, 5.41) is 0. The molecule has 2 aromatic rings. The van der Waals surface area contributed by atoms with Crippen LogP contribution in [0.3, 0.4) is 0 Å². The Morgan fingerprint density at radius 2 is 1.58 bits per heavy atom. The van der Waals surface area contributed by atoms with Gasteiger partial charge in [0.15, 0.2) is 0 Å². The van der Waals surface area contributed by atoms with E-state index in [0.717, 1.165) is 24.8 Å². The quantitative estimate of drug-likeness (QED) is 0.506. The zero-order chi connectivity index (χ0) is 18.8. The van der Waals surface area contributed by atoms with Crippen molar-refractivity contribution in [2.45, 2.75) is 43.0 Å². The minimum atomic E-state index is -3.59. The van der Waals surface area contributed by atoms with Gasteiger partial charge >= 0.3 is 5.97 Å². The van der Waals surface area contributed by atoms with Gasteiger partial charge in [0.1, 0.15) is 0 Å². The first-order valence-corrected chi connectivity index (χ1v) is 10.2. The van der Waals surface area contributed by atoms with Gasteiger partial charge in [-0.3, -0.25) is 4.79 Å². The van der Waals surface area contributed by atoms with Gasteiger partial charge in [0.2, 0.25) is 10.0 Å². The predicted molar refractivity (Wildman–Crippen MR) is 101 cm³/mol. The van der Waals surface area contributed by atoms with Crippen LogP contribution in [0.15, 0.2) is 65.6 Å². The first-order valence-electron chi connectivity index (χ1n) is 8.72. The summed E-state index contributed by atoms with van der Waals surface area (Å²) in [4.78, 5) is 11.4. The van der Waals surface area contributed by atoms with E-state index in [2.05, 4.69) is 9.46 Å². The molecule has 6 heteroatoms. The molecular formula is C20H25NO4S. The van der Waals surface area contributed by atoms with Gasteiger partial charge in [-0.05, 0) is 30.5 Å². The molecule has 2 aromatic carbocycles. The Bertz CT molecular complexity index is 776. The molecule has 0 bridgehead atoms. The highest BCUT2D eigenvalue weighted by Gasteiger charge is 2.20. The second-order valence-corrected chi connectivity index (χ2v) is 7.79. The van der Waals surface area contributed by atoms with Crippen LogP contribution in [0.1, 0.15) is 43.7 Å². The molecule has 0 saturated heterocycles. The lowest BCUT2D eigenvalue weighted by Gasteiger charge is -2.19. The van der Waals surface area contributed by atoms with E-state index in [9.17, 15) is 13.2 Å². The van der Waals surface area contributed by atoms with Crippen LogP contribution in [0.25, 0.3) is 0 Å². The molecule has 0 aliphatic carbocycles. The van der Waals surface area contributed by atoms with Crippen LogP contribution in [-0.4, -0.2) is 21.5 Å². The minimum absolute atomic E-state index is 0.214. The number of benzene rings is 2. The number of hydrogen-bond donors (Lipinski definition) is 1. The lowest BCUT2D eigenvalue weighted by molar-refractivity contribution is -0.140. The summed E-state index contributed by atoms with van der Waals surface area (Å²) in [5.41, 5.74) is 0.931. The average molecular weight is 375 g/mol. The summed E-state index contributed by atoms with van der Waals surface area (Å²) < 4.78 is 32.8. The van der Waals surface area contributed by atoms with E-state index in [1.54, 1.807) is 30.3 Å². The molecule has 0 amide bonds. The molecule has 0 saturated carbocycles. The van der Waals surface area contributed by atoms with Crippen molar-refractivity contribution >= 4 is 16.0 Å². The van der Waals surface area contributed by atoms with Crippen LogP contribution in [0.5, 0.6) is 0 Å². The molecule has 0 radical (unpaired) electrons.